The van der Waals surface area contributed by atoms with Crippen LogP contribution < -0.4 is 10.6 Å². The number of rotatable bonds is 2. The summed E-state index contributed by atoms with van der Waals surface area (Å²) in [5.74, 6) is 0.342. The van der Waals surface area contributed by atoms with E-state index in [4.69, 9.17) is 5.73 Å². The third-order valence-electron chi connectivity index (χ3n) is 3.06. The molecule has 0 radical (unpaired) electrons. The summed E-state index contributed by atoms with van der Waals surface area (Å²) in [4.78, 5) is 5.37. The van der Waals surface area contributed by atoms with Gasteiger partial charge in [-0.1, -0.05) is 13.0 Å². The molecule has 0 aromatic carbocycles. The van der Waals surface area contributed by atoms with Gasteiger partial charge < -0.3 is 10.6 Å². The molecule has 1 aliphatic heterocycles. The fourth-order valence-corrected chi connectivity index (χ4v) is 1.86. The van der Waals surface area contributed by atoms with E-state index in [0.717, 1.165) is 12.5 Å². The molecule has 0 unspecified atom stereocenters. The number of alkyl halides is 3. The first-order chi connectivity index (χ1) is 7.84. The van der Waals surface area contributed by atoms with Crippen LogP contribution in [0.4, 0.5) is 19.0 Å². The molecule has 3 nitrogen and oxygen atoms in total. The third kappa shape index (κ3) is 2.36. The Morgan fingerprint density at radius 3 is 2.59 bits per heavy atom. The van der Waals surface area contributed by atoms with E-state index in [1.807, 2.05) is 6.92 Å². The molecule has 1 aliphatic rings. The Labute approximate surface area is 97.4 Å². The largest absolute Gasteiger partial charge is 0.433 e. The predicted molar refractivity (Wildman–Crippen MR) is 58.7 cm³/mol. The van der Waals surface area contributed by atoms with Crippen molar-refractivity contribution in [1.29, 1.82) is 0 Å². The SMILES string of the molecule is CCC1(N)CN(c2cccc(C(F)(F)F)n2)C1. The van der Waals surface area contributed by atoms with Crippen LogP contribution in [0.1, 0.15) is 19.0 Å². The van der Waals surface area contributed by atoms with Crippen molar-refractivity contribution in [2.45, 2.75) is 25.1 Å². The lowest BCUT2D eigenvalue weighted by molar-refractivity contribution is -0.141. The van der Waals surface area contributed by atoms with Crippen LogP contribution in [0.2, 0.25) is 0 Å². The van der Waals surface area contributed by atoms with E-state index in [9.17, 15) is 13.2 Å². The summed E-state index contributed by atoms with van der Waals surface area (Å²) in [5.41, 5.74) is 4.82. The number of hydrogen-bond acceptors (Lipinski definition) is 3. The fraction of sp³-hybridized carbons (Fsp3) is 0.545. The van der Waals surface area contributed by atoms with Gasteiger partial charge in [-0.25, -0.2) is 4.98 Å². The van der Waals surface area contributed by atoms with Crippen LogP contribution in [0.15, 0.2) is 18.2 Å². The van der Waals surface area contributed by atoms with Gasteiger partial charge in [0.1, 0.15) is 11.5 Å². The molecule has 0 atom stereocenters. The van der Waals surface area contributed by atoms with E-state index in [0.29, 0.717) is 18.9 Å². The Morgan fingerprint density at radius 2 is 2.06 bits per heavy atom. The quantitative estimate of drug-likeness (QED) is 0.866. The summed E-state index contributed by atoms with van der Waals surface area (Å²) >= 11 is 0. The fourth-order valence-electron chi connectivity index (χ4n) is 1.86. The molecule has 0 spiro atoms. The van der Waals surface area contributed by atoms with E-state index in [1.165, 1.54) is 6.07 Å². The van der Waals surface area contributed by atoms with Gasteiger partial charge in [0.15, 0.2) is 0 Å². The van der Waals surface area contributed by atoms with Crippen LogP contribution in [-0.4, -0.2) is 23.6 Å². The highest BCUT2D eigenvalue weighted by molar-refractivity contribution is 5.45. The Hall–Kier alpha value is -1.30. The molecular formula is C11H14F3N3. The zero-order valence-electron chi connectivity index (χ0n) is 9.46. The summed E-state index contributed by atoms with van der Waals surface area (Å²) in [6.07, 6.45) is -3.59. The van der Waals surface area contributed by atoms with Crippen molar-refractivity contribution in [3.63, 3.8) is 0 Å². The summed E-state index contributed by atoms with van der Waals surface area (Å²) in [5, 5.41) is 0. The van der Waals surface area contributed by atoms with Gasteiger partial charge >= 0.3 is 6.18 Å². The van der Waals surface area contributed by atoms with Gasteiger partial charge in [-0.05, 0) is 18.6 Å². The van der Waals surface area contributed by atoms with Gasteiger partial charge in [0, 0.05) is 13.1 Å². The second kappa shape index (κ2) is 3.87. The predicted octanol–water partition coefficient (Wildman–Crippen LogP) is 2.03. The molecule has 1 aromatic rings. The molecule has 0 aliphatic carbocycles. The summed E-state index contributed by atoms with van der Waals surface area (Å²) in [7, 11) is 0. The Kier molecular flexibility index (Phi) is 2.77. The van der Waals surface area contributed by atoms with Crippen LogP contribution in [0.25, 0.3) is 0 Å². The summed E-state index contributed by atoms with van der Waals surface area (Å²) in [6.45, 7) is 3.08. The standard InChI is InChI=1S/C11H14F3N3/c1-2-10(15)6-17(7-10)9-5-3-4-8(16-9)11(12,13)14/h3-5H,2,6-7,15H2,1H3. The van der Waals surface area contributed by atoms with Crippen molar-refractivity contribution in [3.8, 4) is 0 Å². The number of halogens is 3. The molecule has 94 valence electrons. The molecule has 2 N–H and O–H groups in total. The lowest BCUT2D eigenvalue weighted by Gasteiger charge is -2.48. The number of hydrogen-bond donors (Lipinski definition) is 1. The van der Waals surface area contributed by atoms with E-state index in [2.05, 4.69) is 4.98 Å². The lowest BCUT2D eigenvalue weighted by Crippen LogP contribution is -2.67. The molecule has 1 saturated heterocycles. The average molecular weight is 245 g/mol. The summed E-state index contributed by atoms with van der Waals surface area (Å²) < 4.78 is 37.4. The van der Waals surface area contributed by atoms with Crippen molar-refractivity contribution >= 4 is 5.82 Å². The number of aromatic nitrogens is 1. The summed E-state index contributed by atoms with van der Waals surface area (Å²) in [6, 6.07) is 3.91. The molecule has 2 heterocycles. The van der Waals surface area contributed by atoms with Gasteiger partial charge in [-0.15, -0.1) is 0 Å². The molecule has 0 bridgehead atoms. The molecule has 6 heteroatoms. The first-order valence-electron chi connectivity index (χ1n) is 5.42. The highest BCUT2D eigenvalue weighted by atomic mass is 19.4. The monoisotopic (exact) mass is 245 g/mol. The number of anilines is 1. The average Bonchev–Trinajstić information content (AvgIpc) is 2.24. The zero-order chi connectivity index (χ0) is 12.7. The van der Waals surface area contributed by atoms with Crippen molar-refractivity contribution in [2.75, 3.05) is 18.0 Å². The van der Waals surface area contributed by atoms with E-state index in [1.54, 1.807) is 11.0 Å². The second-order valence-electron chi connectivity index (χ2n) is 4.45. The van der Waals surface area contributed by atoms with Gasteiger partial charge in [-0.2, -0.15) is 13.2 Å². The molecule has 1 fully saturated rings. The first kappa shape index (κ1) is 12.2. The minimum absolute atomic E-state index is 0.282. The second-order valence-corrected chi connectivity index (χ2v) is 4.45. The first-order valence-corrected chi connectivity index (χ1v) is 5.42. The third-order valence-corrected chi connectivity index (χ3v) is 3.06. The van der Waals surface area contributed by atoms with Crippen LogP contribution in [0.5, 0.6) is 0 Å². The maximum atomic E-state index is 12.5. The van der Waals surface area contributed by atoms with Crippen molar-refractivity contribution in [1.82, 2.24) is 4.98 Å². The maximum absolute atomic E-state index is 12.5. The van der Waals surface area contributed by atoms with E-state index >= 15 is 0 Å². The molecular weight excluding hydrogens is 231 g/mol. The van der Waals surface area contributed by atoms with Crippen molar-refractivity contribution < 1.29 is 13.2 Å². The molecule has 2 rings (SSSR count). The number of pyridine rings is 1. The van der Waals surface area contributed by atoms with Gasteiger partial charge in [-0.3, -0.25) is 0 Å². The Morgan fingerprint density at radius 1 is 1.41 bits per heavy atom. The highest BCUT2D eigenvalue weighted by Crippen LogP contribution is 2.31. The lowest BCUT2D eigenvalue weighted by atomic mass is 9.88. The van der Waals surface area contributed by atoms with Crippen molar-refractivity contribution in [3.05, 3.63) is 23.9 Å². The zero-order valence-corrected chi connectivity index (χ0v) is 9.46. The highest BCUT2D eigenvalue weighted by Gasteiger charge is 2.39. The molecule has 17 heavy (non-hydrogen) atoms. The molecule has 0 amide bonds. The van der Waals surface area contributed by atoms with E-state index in [-0.39, 0.29) is 5.54 Å². The maximum Gasteiger partial charge on any atom is 0.433 e. The topological polar surface area (TPSA) is 42.1 Å². The van der Waals surface area contributed by atoms with Gasteiger partial charge in [0.05, 0.1) is 5.54 Å². The van der Waals surface area contributed by atoms with Gasteiger partial charge in [0.25, 0.3) is 0 Å². The minimum atomic E-state index is -4.40. The Balaban J connectivity index is 2.14. The van der Waals surface area contributed by atoms with E-state index < -0.39 is 11.9 Å². The van der Waals surface area contributed by atoms with Gasteiger partial charge in [0.2, 0.25) is 0 Å². The number of nitrogens with two attached hydrogens (primary N) is 1. The normalized spacial score (nSPS) is 19.0. The van der Waals surface area contributed by atoms with Crippen molar-refractivity contribution in [2.24, 2.45) is 5.73 Å². The molecule has 0 saturated carbocycles. The van der Waals surface area contributed by atoms with Crippen LogP contribution in [0, 0.1) is 0 Å². The van der Waals surface area contributed by atoms with Crippen LogP contribution >= 0.6 is 0 Å². The van der Waals surface area contributed by atoms with Crippen LogP contribution in [0.3, 0.4) is 0 Å². The smallest absolute Gasteiger partial charge is 0.353 e. The molecule has 1 aromatic heterocycles. The minimum Gasteiger partial charge on any atom is -0.353 e. The number of nitrogens with zero attached hydrogens (tertiary/aromatic N) is 2. The van der Waals surface area contributed by atoms with Crippen LogP contribution in [-0.2, 0) is 6.18 Å². The Bertz CT molecular complexity index is 411.